The van der Waals surface area contributed by atoms with Crippen LogP contribution in [0.4, 0.5) is 0 Å². The van der Waals surface area contributed by atoms with Gasteiger partial charge >= 0.3 is 11.9 Å². The zero-order valence-electron chi connectivity index (χ0n) is 12.7. The molecular formula is C16H16N2O4. The summed E-state index contributed by atoms with van der Waals surface area (Å²) < 4.78 is 9.94. The van der Waals surface area contributed by atoms with E-state index in [2.05, 4.69) is 0 Å². The van der Waals surface area contributed by atoms with Gasteiger partial charge in [0.05, 0.1) is 24.3 Å². The number of carbonyl (C=O) groups excluding carboxylic acids is 2. The lowest BCUT2D eigenvalue weighted by atomic mass is 9.81. The minimum atomic E-state index is -1.69. The molecule has 1 rings (SSSR count). The Morgan fingerprint density at radius 1 is 1.05 bits per heavy atom. The summed E-state index contributed by atoms with van der Waals surface area (Å²) in [7, 11) is 0. The Morgan fingerprint density at radius 2 is 1.55 bits per heavy atom. The van der Waals surface area contributed by atoms with Crippen LogP contribution in [0.15, 0.2) is 18.2 Å². The van der Waals surface area contributed by atoms with Crippen LogP contribution in [0.5, 0.6) is 0 Å². The number of nitriles is 2. The van der Waals surface area contributed by atoms with Crippen molar-refractivity contribution >= 4 is 11.9 Å². The van der Waals surface area contributed by atoms with Crippen molar-refractivity contribution in [3.63, 3.8) is 0 Å². The highest BCUT2D eigenvalue weighted by molar-refractivity contribution is 6.06. The first-order valence-electron chi connectivity index (χ1n) is 6.74. The average molecular weight is 300 g/mol. The molecule has 0 radical (unpaired) electrons. The molecule has 1 aromatic rings. The van der Waals surface area contributed by atoms with Gasteiger partial charge in [-0.05, 0) is 38.5 Å². The van der Waals surface area contributed by atoms with Gasteiger partial charge in [-0.3, -0.25) is 9.59 Å². The van der Waals surface area contributed by atoms with E-state index in [0.717, 1.165) is 0 Å². The zero-order chi connectivity index (χ0) is 16.8. The Kier molecular flexibility index (Phi) is 5.65. The molecule has 0 aliphatic heterocycles. The molecule has 0 fully saturated rings. The summed E-state index contributed by atoms with van der Waals surface area (Å²) in [5.74, 6) is -1.52. The second-order valence-electron chi connectivity index (χ2n) is 4.55. The number of hydrogen-bond acceptors (Lipinski definition) is 6. The van der Waals surface area contributed by atoms with E-state index in [1.165, 1.54) is 25.1 Å². The Morgan fingerprint density at radius 3 is 1.95 bits per heavy atom. The summed E-state index contributed by atoms with van der Waals surface area (Å²) in [5, 5.41) is 18.0. The number of nitrogens with zero attached hydrogens (tertiary/aromatic N) is 2. The molecule has 0 saturated heterocycles. The fourth-order valence-electron chi connectivity index (χ4n) is 1.92. The van der Waals surface area contributed by atoms with Crippen LogP contribution in [-0.4, -0.2) is 25.2 Å². The molecule has 0 aliphatic rings. The molecule has 0 aliphatic carbocycles. The van der Waals surface area contributed by atoms with Crippen LogP contribution >= 0.6 is 0 Å². The van der Waals surface area contributed by atoms with Crippen molar-refractivity contribution in [1.82, 2.24) is 0 Å². The van der Waals surface area contributed by atoms with E-state index >= 15 is 0 Å². The van der Waals surface area contributed by atoms with E-state index < -0.39 is 17.4 Å². The predicted octanol–water partition coefficient (Wildman–Crippen LogP) is 1.81. The highest BCUT2D eigenvalue weighted by atomic mass is 16.6. The predicted molar refractivity (Wildman–Crippen MR) is 76.5 cm³/mol. The highest BCUT2D eigenvalue weighted by Gasteiger charge is 2.46. The first-order valence-corrected chi connectivity index (χ1v) is 6.74. The monoisotopic (exact) mass is 300 g/mol. The van der Waals surface area contributed by atoms with E-state index in [9.17, 15) is 9.59 Å². The van der Waals surface area contributed by atoms with E-state index in [0.29, 0.717) is 0 Å². The maximum Gasteiger partial charge on any atom is 0.327 e. The molecule has 0 heterocycles. The summed E-state index contributed by atoms with van der Waals surface area (Å²) >= 11 is 0. The van der Waals surface area contributed by atoms with Gasteiger partial charge in [-0.25, -0.2) is 0 Å². The number of esters is 2. The molecule has 0 bridgehead atoms. The van der Waals surface area contributed by atoms with Gasteiger partial charge in [-0.2, -0.15) is 10.5 Å². The molecule has 6 nitrogen and oxygen atoms in total. The van der Waals surface area contributed by atoms with E-state index in [1.807, 2.05) is 12.1 Å². The summed E-state index contributed by atoms with van der Waals surface area (Å²) in [5.41, 5.74) is -1.19. The maximum atomic E-state index is 12.3. The van der Waals surface area contributed by atoms with Crippen molar-refractivity contribution in [1.29, 1.82) is 10.5 Å². The Balaban J connectivity index is 3.46. The zero-order valence-corrected chi connectivity index (χ0v) is 12.7. The Bertz CT molecular complexity index is 650. The number of ether oxygens (including phenoxy) is 2. The van der Waals surface area contributed by atoms with Crippen LogP contribution in [0.3, 0.4) is 0 Å². The lowest BCUT2D eigenvalue weighted by molar-refractivity contribution is -0.163. The quantitative estimate of drug-likeness (QED) is 0.607. The number of hydrogen-bond donors (Lipinski definition) is 0. The fraction of sp³-hybridized carbons (Fsp3) is 0.375. The van der Waals surface area contributed by atoms with Gasteiger partial charge in [0, 0.05) is 0 Å². The second-order valence-corrected chi connectivity index (χ2v) is 4.55. The first kappa shape index (κ1) is 17.2. The smallest absolute Gasteiger partial charge is 0.327 e. The van der Waals surface area contributed by atoms with Crippen LogP contribution in [-0.2, 0) is 24.5 Å². The third-order valence-corrected chi connectivity index (χ3v) is 3.21. The van der Waals surface area contributed by atoms with E-state index in [1.54, 1.807) is 13.8 Å². The molecule has 0 atom stereocenters. The van der Waals surface area contributed by atoms with Crippen LogP contribution in [0.1, 0.15) is 37.5 Å². The molecule has 0 aromatic heterocycles. The normalized spacial score (nSPS) is 10.2. The van der Waals surface area contributed by atoms with Crippen LogP contribution < -0.4 is 0 Å². The molecule has 6 heteroatoms. The fourth-order valence-corrected chi connectivity index (χ4v) is 1.92. The van der Waals surface area contributed by atoms with Crippen LogP contribution in [0, 0.1) is 22.7 Å². The Hall–Kier alpha value is -2.86. The van der Waals surface area contributed by atoms with E-state index in [-0.39, 0.29) is 29.9 Å². The maximum absolute atomic E-state index is 12.3. The number of rotatable bonds is 5. The van der Waals surface area contributed by atoms with Gasteiger partial charge < -0.3 is 9.47 Å². The van der Waals surface area contributed by atoms with Gasteiger partial charge in [0.1, 0.15) is 12.1 Å². The van der Waals surface area contributed by atoms with Crippen molar-refractivity contribution < 1.29 is 19.1 Å². The molecule has 1 aromatic carbocycles. The van der Waals surface area contributed by atoms with Gasteiger partial charge in [0.15, 0.2) is 5.41 Å². The number of benzene rings is 1. The number of carbonyl (C=O) groups is 2. The van der Waals surface area contributed by atoms with Crippen molar-refractivity contribution in [3.05, 3.63) is 34.9 Å². The minimum absolute atomic E-state index is 0.0832. The molecule has 0 N–H and O–H groups in total. The third-order valence-electron chi connectivity index (χ3n) is 3.21. The molecule has 0 amide bonds. The third kappa shape index (κ3) is 3.07. The van der Waals surface area contributed by atoms with Gasteiger partial charge in [0.2, 0.25) is 0 Å². The van der Waals surface area contributed by atoms with Crippen molar-refractivity contribution in [2.75, 3.05) is 13.2 Å². The van der Waals surface area contributed by atoms with Gasteiger partial charge in [-0.15, -0.1) is 0 Å². The topological polar surface area (TPSA) is 100 Å². The molecule has 0 saturated carbocycles. The highest BCUT2D eigenvalue weighted by Crippen LogP contribution is 2.29. The summed E-state index contributed by atoms with van der Waals surface area (Å²) in [4.78, 5) is 24.5. The molecule has 0 spiro atoms. The lowest BCUT2D eigenvalue weighted by Crippen LogP contribution is -2.43. The minimum Gasteiger partial charge on any atom is -0.465 e. The van der Waals surface area contributed by atoms with Crippen molar-refractivity contribution in [2.45, 2.75) is 26.2 Å². The molecule has 0 unspecified atom stereocenters. The summed E-state index contributed by atoms with van der Waals surface area (Å²) in [6, 6.07) is 7.94. The molecule has 22 heavy (non-hydrogen) atoms. The summed E-state index contributed by atoms with van der Waals surface area (Å²) in [6.07, 6.45) is 0. The lowest BCUT2D eigenvalue weighted by Gasteiger charge is -2.25. The van der Waals surface area contributed by atoms with E-state index in [4.69, 9.17) is 20.0 Å². The Labute approximate surface area is 128 Å². The largest absolute Gasteiger partial charge is 0.465 e. The standard InChI is InChI=1S/C16H16N2O4/c1-4-21-14(19)16(3,15(20)22-5-2)13-7-6-11(9-17)12(8-13)10-18/h6-8H,4-5H2,1-3H3. The van der Waals surface area contributed by atoms with Crippen molar-refractivity contribution in [2.24, 2.45) is 0 Å². The summed E-state index contributed by atoms with van der Waals surface area (Å²) in [6.45, 7) is 4.85. The van der Waals surface area contributed by atoms with Crippen LogP contribution in [0.25, 0.3) is 0 Å². The van der Waals surface area contributed by atoms with Gasteiger partial charge in [0.25, 0.3) is 0 Å². The van der Waals surface area contributed by atoms with Crippen LogP contribution in [0.2, 0.25) is 0 Å². The first-order chi connectivity index (χ1) is 10.4. The van der Waals surface area contributed by atoms with Crippen molar-refractivity contribution in [3.8, 4) is 12.1 Å². The molecular weight excluding hydrogens is 284 g/mol. The van der Waals surface area contributed by atoms with Gasteiger partial charge in [-0.1, -0.05) is 6.07 Å². The average Bonchev–Trinajstić information content (AvgIpc) is 2.53. The SMILES string of the molecule is CCOC(=O)C(C)(C(=O)OCC)c1ccc(C#N)c(C#N)c1. The molecule has 114 valence electrons. The second kappa shape index (κ2) is 7.24.